The van der Waals surface area contributed by atoms with E-state index in [1.165, 1.54) is 12.1 Å². The lowest BCUT2D eigenvalue weighted by molar-refractivity contribution is -0.385. The maximum atomic E-state index is 11.6. The summed E-state index contributed by atoms with van der Waals surface area (Å²) in [6, 6.07) is 2.75. The summed E-state index contributed by atoms with van der Waals surface area (Å²) in [7, 11) is 0. The molecule has 0 saturated heterocycles. The van der Waals surface area contributed by atoms with Crippen LogP contribution < -0.4 is 0 Å². The van der Waals surface area contributed by atoms with Crippen LogP contribution in [0.4, 0.5) is 5.69 Å². The normalized spacial score (nSPS) is 10.1. The molecule has 0 amide bonds. The molecule has 5 nitrogen and oxygen atoms in total. The summed E-state index contributed by atoms with van der Waals surface area (Å²) in [5, 5.41) is 10.7. The van der Waals surface area contributed by atoms with Gasteiger partial charge in [-0.05, 0) is 25.5 Å². The standard InChI is InChI=1S/C11H12ClNO4/c1-3-17-11(14)9-4-7(2)10(13(15)16)5-8(9)6-12/h4-5H,3,6H2,1-2H3. The van der Waals surface area contributed by atoms with Crippen molar-refractivity contribution in [1.82, 2.24) is 0 Å². The van der Waals surface area contributed by atoms with Crippen LogP contribution >= 0.6 is 11.6 Å². The fraction of sp³-hybridized carbons (Fsp3) is 0.364. The van der Waals surface area contributed by atoms with Crippen LogP contribution in [-0.2, 0) is 10.6 Å². The largest absolute Gasteiger partial charge is 0.462 e. The zero-order valence-electron chi connectivity index (χ0n) is 9.53. The quantitative estimate of drug-likeness (QED) is 0.360. The Kier molecular flexibility index (Phi) is 4.45. The highest BCUT2D eigenvalue weighted by atomic mass is 35.5. The van der Waals surface area contributed by atoms with E-state index in [9.17, 15) is 14.9 Å². The predicted octanol–water partition coefficient (Wildman–Crippen LogP) is 2.82. The Hall–Kier alpha value is -1.62. The lowest BCUT2D eigenvalue weighted by atomic mass is 10.0. The van der Waals surface area contributed by atoms with Crippen molar-refractivity contribution in [2.75, 3.05) is 6.61 Å². The van der Waals surface area contributed by atoms with E-state index in [0.717, 1.165) is 0 Å². The molecule has 6 heteroatoms. The van der Waals surface area contributed by atoms with Gasteiger partial charge in [0.25, 0.3) is 5.69 Å². The number of alkyl halides is 1. The Balaban J connectivity index is 3.28. The Bertz CT molecular complexity index is 459. The first kappa shape index (κ1) is 13.4. The highest BCUT2D eigenvalue weighted by Gasteiger charge is 2.19. The first-order valence-corrected chi connectivity index (χ1v) is 5.55. The van der Waals surface area contributed by atoms with Gasteiger partial charge in [0.2, 0.25) is 0 Å². The molecule has 0 spiro atoms. The fourth-order valence-electron chi connectivity index (χ4n) is 1.45. The van der Waals surface area contributed by atoms with Crippen LogP contribution in [-0.4, -0.2) is 17.5 Å². The Labute approximate surface area is 103 Å². The number of halogens is 1. The van der Waals surface area contributed by atoms with Gasteiger partial charge in [-0.15, -0.1) is 11.6 Å². The molecule has 0 N–H and O–H groups in total. The lowest BCUT2D eigenvalue weighted by Gasteiger charge is -2.08. The van der Waals surface area contributed by atoms with E-state index in [1.807, 2.05) is 0 Å². The van der Waals surface area contributed by atoms with Crippen molar-refractivity contribution in [3.63, 3.8) is 0 Å². The van der Waals surface area contributed by atoms with E-state index in [-0.39, 0.29) is 23.7 Å². The van der Waals surface area contributed by atoms with Crippen LogP contribution in [0, 0.1) is 17.0 Å². The lowest BCUT2D eigenvalue weighted by Crippen LogP contribution is -2.09. The van der Waals surface area contributed by atoms with Gasteiger partial charge in [0.15, 0.2) is 0 Å². The van der Waals surface area contributed by atoms with Crippen molar-refractivity contribution >= 4 is 23.3 Å². The summed E-state index contributed by atoms with van der Waals surface area (Å²) in [6.45, 7) is 3.51. The molecule has 1 rings (SSSR count). The number of nitro groups is 1. The molecular formula is C11H12ClNO4. The van der Waals surface area contributed by atoms with E-state index in [1.54, 1.807) is 13.8 Å². The summed E-state index contributed by atoms with van der Waals surface area (Å²) in [6.07, 6.45) is 0. The molecule has 0 unspecified atom stereocenters. The third kappa shape index (κ3) is 2.94. The molecule has 0 bridgehead atoms. The summed E-state index contributed by atoms with van der Waals surface area (Å²) in [5.74, 6) is -0.490. The third-order valence-corrected chi connectivity index (χ3v) is 2.55. The second kappa shape index (κ2) is 5.63. The SMILES string of the molecule is CCOC(=O)c1cc(C)c([N+](=O)[O-])cc1CCl. The van der Waals surface area contributed by atoms with Crippen molar-refractivity contribution in [2.24, 2.45) is 0 Å². The number of hydrogen-bond acceptors (Lipinski definition) is 4. The number of carbonyl (C=O) groups excluding carboxylic acids is 1. The predicted molar refractivity (Wildman–Crippen MR) is 63.3 cm³/mol. The van der Waals surface area contributed by atoms with Crippen molar-refractivity contribution in [3.8, 4) is 0 Å². The molecule has 0 aromatic heterocycles. The molecule has 0 saturated carbocycles. The number of esters is 1. The number of nitro benzene ring substituents is 1. The van der Waals surface area contributed by atoms with E-state index in [0.29, 0.717) is 11.1 Å². The number of nitrogens with zero attached hydrogens (tertiary/aromatic N) is 1. The molecule has 1 aromatic rings. The number of rotatable bonds is 4. The monoisotopic (exact) mass is 257 g/mol. The van der Waals surface area contributed by atoms with Crippen molar-refractivity contribution in [1.29, 1.82) is 0 Å². The Morgan fingerprint density at radius 2 is 2.18 bits per heavy atom. The summed E-state index contributed by atoms with van der Waals surface area (Å²) >= 11 is 5.67. The van der Waals surface area contributed by atoms with E-state index in [4.69, 9.17) is 16.3 Å². The number of hydrogen-bond donors (Lipinski definition) is 0. The topological polar surface area (TPSA) is 69.4 Å². The van der Waals surface area contributed by atoms with Crippen LogP contribution in [0.1, 0.15) is 28.4 Å². The highest BCUT2D eigenvalue weighted by molar-refractivity contribution is 6.17. The maximum absolute atomic E-state index is 11.6. The molecule has 0 aliphatic carbocycles. The molecule has 17 heavy (non-hydrogen) atoms. The molecule has 0 heterocycles. The molecule has 0 aliphatic heterocycles. The molecule has 92 valence electrons. The third-order valence-electron chi connectivity index (χ3n) is 2.26. The summed E-state index contributed by atoms with van der Waals surface area (Å²) in [4.78, 5) is 21.9. The van der Waals surface area contributed by atoms with Gasteiger partial charge < -0.3 is 4.74 Å². The summed E-state index contributed by atoms with van der Waals surface area (Å²) < 4.78 is 4.86. The minimum atomic E-state index is -0.513. The van der Waals surface area contributed by atoms with Crippen molar-refractivity contribution in [2.45, 2.75) is 19.7 Å². The molecule has 0 fully saturated rings. The Morgan fingerprint density at radius 1 is 1.53 bits per heavy atom. The molecule has 0 radical (unpaired) electrons. The fourth-order valence-corrected chi connectivity index (χ4v) is 1.67. The average Bonchev–Trinajstić information content (AvgIpc) is 2.28. The number of benzene rings is 1. The Morgan fingerprint density at radius 3 is 2.65 bits per heavy atom. The van der Waals surface area contributed by atoms with Gasteiger partial charge >= 0.3 is 5.97 Å². The van der Waals surface area contributed by atoms with Gasteiger partial charge in [0.05, 0.1) is 17.1 Å². The second-order valence-electron chi connectivity index (χ2n) is 3.41. The van der Waals surface area contributed by atoms with Crippen LogP contribution in [0.15, 0.2) is 12.1 Å². The van der Waals surface area contributed by atoms with Crippen LogP contribution in [0.2, 0.25) is 0 Å². The molecular weight excluding hydrogens is 246 g/mol. The summed E-state index contributed by atoms with van der Waals surface area (Å²) in [5.41, 5.74) is 1.05. The minimum absolute atomic E-state index is 0.0231. The highest BCUT2D eigenvalue weighted by Crippen LogP contribution is 2.24. The average molecular weight is 258 g/mol. The number of carbonyl (C=O) groups is 1. The minimum Gasteiger partial charge on any atom is -0.462 e. The first-order chi connectivity index (χ1) is 8.01. The van der Waals surface area contributed by atoms with E-state index >= 15 is 0 Å². The maximum Gasteiger partial charge on any atom is 0.338 e. The van der Waals surface area contributed by atoms with Gasteiger partial charge in [-0.25, -0.2) is 4.79 Å². The number of ether oxygens (including phenoxy) is 1. The van der Waals surface area contributed by atoms with Gasteiger partial charge in [-0.1, -0.05) is 0 Å². The van der Waals surface area contributed by atoms with Crippen LogP contribution in [0.25, 0.3) is 0 Å². The molecule has 0 aliphatic rings. The van der Waals surface area contributed by atoms with Gasteiger partial charge in [-0.2, -0.15) is 0 Å². The smallest absolute Gasteiger partial charge is 0.338 e. The van der Waals surface area contributed by atoms with Gasteiger partial charge in [0.1, 0.15) is 0 Å². The van der Waals surface area contributed by atoms with Gasteiger partial charge in [-0.3, -0.25) is 10.1 Å². The molecule has 1 aromatic carbocycles. The van der Waals surface area contributed by atoms with Crippen molar-refractivity contribution in [3.05, 3.63) is 38.9 Å². The zero-order chi connectivity index (χ0) is 13.0. The van der Waals surface area contributed by atoms with E-state index < -0.39 is 10.9 Å². The zero-order valence-corrected chi connectivity index (χ0v) is 10.3. The number of aryl methyl sites for hydroxylation is 1. The molecule has 0 atom stereocenters. The second-order valence-corrected chi connectivity index (χ2v) is 3.67. The van der Waals surface area contributed by atoms with Crippen LogP contribution in [0.5, 0.6) is 0 Å². The first-order valence-electron chi connectivity index (χ1n) is 5.02. The van der Waals surface area contributed by atoms with Gasteiger partial charge in [0, 0.05) is 17.5 Å². The van der Waals surface area contributed by atoms with E-state index in [2.05, 4.69) is 0 Å². The van der Waals surface area contributed by atoms with Crippen LogP contribution in [0.3, 0.4) is 0 Å². The van der Waals surface area contributed by atoms with Crippen molar-refractivity contribution < 1.29 is 14.5 Å².